The maximum absolute atomic E-state index is 12.5. The molecule has 1 aromatic rings. The number of piperidine rings is 1. The van der Waals surface area contributed by atoms with E-state index in [1.165, 1.54) is 0 Å². The summed E-state index contributed by atoms with van der Waals surface area (Å²) >= 11 is 0. The van der Waals surface area contributed by atoms with Gasteiger partial charge in [0, 0.05) is 6.04 Å². The third-order valence-corrected chi connectivity index (χ3v) is 3.79. The summed E-state index contributed by atoms with van der Waals surface area (Å²) < 4.78 is 0. The standard InChI is InChI=1S/C16H24N2O.ClH/c1-12(2)15(13-6-4-3-5-7-13)16(19)18-14-8-10-17-11-9-14;/h3-7,12,14-15,17H,8-11H2,1-2H3,(H,18,19);1H. The van der Waals surface area contributed by atoms with E-state index in [0.717, 1.165) is 31.5 Å². The van der Waals surface area contributed by atoms with E-state index in [1.807, 2.05) is 30.3 Å². The molecule has 1 fully saturated rings. The number of hydrogen-bond acceptors (Lipinski definition) is 2. The van der Waals surface area contributed by atoms with Crippen molar-refractivity contribution in [3.8, 4) is 0 Å². The Morgan fingerprint density at radius 1 is 1.20 bits per heavy atom. The predicted molar refractivity (Wildman–Crippen MR) is 85.3 cm³/mol. The van der Waals surface area contributed by atoms with Gasteiger partial charge in [-0.25, -0.2) is 0 Å². The summed E-state index contributed by atoms with van der Waals surface area (Å²) in [5.41, 5.74) is 1.11. The molecule has 20 heavy (non-hydrogen) atoms. The molecule has 2 rings (SSSR count). The van der Waals surface area contributed by atoms with E-state index < -0.39 is 0 Å². The molecule has 3 nitrogen and oxygen atoms in total. The van der Waals surface area contributed by atoms with Crippen molar-refractivity contribution in [1.82, 2.24) is 10.6 Å². The van der Waals surface area contributed by atoms with Gasteiger partial charge in [-0.1, -0.05) is 44.2 Å². The molecular formula is C16H25ClN2O. The van der Waals surface area contributed by atoms with E-state index in [9.17, 15) is 4.79 Å². The molecule has 0 bridgehead atoms. The smallest absolute Gasteiger partial charge is 0.228 e. The largest absolute Gasteiger partial charge is 0.353 e. The van der Waals surface area contributed by atoms with Crippen LogP contribution in [0.1, 0.15) is 38.2 Å². The maximum Gasteiger partial charge on any atom is 0.228 e. The lowest BCUT2D eigenvalue weighted by Gasteiger charge is -2.27. The highest BCUT2D eigenvalue weighted by Crippen LogP contribution is 2.24. The quantitative estimate of drug-likeness (QED) is 0.897. The maximum atomic E-state index is 12.5. The second-order valence-electron chi connectivity index (χ2n) is 5.67. The fraction of sp³-hybridized carbons (Fsp3) is 0.562. The Balaban J connectivity index is 0.00000200. The highest BCUT2D eigenvalue weighted by atomic mass is 35.5. The number of carbonyl (C=O) groups is 1. The number of hydrogen-bond donors (Lipinski definition) is 2. The molecular weight excluding hydrogens is 272 g/mol. The van der Waals surface area contributed by atoms with Crippen LogP contribution in [0.3, 0.4) is 0 Å². The van der Waals surface area contributed by atoms with Crippen molar-refractivity contribution in [1.29, 1.82) is 0 Å². The predicted octanol–water partition coefficient (Wildman–Crippen LogP) is 2.72. The number of benzene rings is 1. The van der Waals surface area contributed by atoms with Crippen molar-refractivity contribution in [3.05, 3.63) is 35.9 Å². The van der Waals surface area contributed by atoms with Gasteiger partial charge in [0.2, 0.25) is 5.91 Å². The summed E-state index contributed by atoms with van der Waals surface area (Å²) in [5.74, 6) is 0.438. The van der Waals surface area contributed by atoms with Crippen molar-refractivity contribution >= 4 is 18.3 Å². The van der Waals surface area contributed by atoms with Gasteiger partial charge < -0.3 is 10.6 Å². The third-order valence-electron chi connectivity index (χ3n) is 3.79. The molecule has 1 amide bonds. The molecule has 4 heteroatoms. The molecule has 0 aromatic heterocycles. The zero-order chi connectivity index (χ0) is 13.7. The van der Waals surface area contributed by atoms with Crippen LogP contribution in [0, 0.1) is 5.92 Å². The Morgan fingerprint density at radius 2 is 1.80 bits per heavy atom. The molecule has 0 radical (unpaired) electrons. The van der Waals surface area contributed by atoms with Crippen molar-refractivity contribution in [2.75, 3.05) is 13.1 Å². The molecule has 2 N–H and O–H groups in total. The molecule has 0 saturated carbocycles. The summed E-state index contributed by atoms with van der Waals surface area (Å²) in [7, 11) is 0. The lowest BCUT2D eigenvalue weighted by atomic mass is 9.87. The van der Waals surface area contributed by atoms with Crippen LogP contribution in [-0.4, -0.2) is 25.0 Å². The van der Waals surface area contributed by atoms with E-state index >= 15 is 0 Å². The first-order chi connectivity index (χ1) is 9.18. The molecule has 1 aromatic carbocycles. The number of halogens is 1. The van der Waals surface area contributed by atoms with Crippen LogP contribution in [0.4, 0.5) is 0 Å². The SMILES string of the molecule is CC(C)C(C(=O)NC1CCNCC1)c1ccccc1.Cl. The molecule has 1 aliphatic rings. The fourth-order valence-electron chi connectivity index (χ4n) is 2.76. The normalized spacial score (nSPS) is 17.4. The van der Waals surface area contributed by atoms with Crippen molar-refractivity contribution < 1.29 is 4.79 Å². The highest BCUT2D eigenvalue weighted by molar-refractivity contribution is 5.85. The Morgan fingerprint density at radius 3 is 2.35 bits per heavy atom. The van der Waals surface area contributed by atoms with Crippen molar-refractivity contribution in [2.45, 2.75) is 38.6 Å². The van der Waals surface area contributed by atoms with Crippen LogP contribution in [0.25, 0.3) is 0 Å². The molecule has 112 valence electrons. The van der Waals surface area contributed by atoms with E-state index in [-0.39, 0.29) is 24.2 Å². The first kappa shape index (κ1) is 17.0. The van der Waals surface area contributed by atoms with Crippen LogP contribution < -0.4 is 10.6 Å². The summed E-state index contributed by atoms with van der Waals surface area (Å²) in [4.78, 5) is 12.5. The number of nitrogens with one attached hydrogen (secondary N) is 2. The number of rotatable bonds is 4. The minimum Gasteiger partial charge on any atom is -0.353 e. The molecule has 1 unspecified atom stereocenters. The minimum atomic E-state index is -0.0453. The Hall–Kier alpha value is -1.06. The van der Waals surface area contributed by atoms with Crippen LogP contribution in [-0.2, 0) is 4.79 Å². The topological polar surface area (TPSA) is 41.1 Å². The summed E-state index contributed by atoms with van der Waals surface area (Å²) in [6.45, 7) is 6.23. The van der Waals surface area contributed by atoms with Gasteiger partial charge in [0.1, 0.15) is 0 Å². The van der Waals surface area contributed by atoms with Crippen LogP contribution in [0.15, 0.2) is 30.3 Å². The van der Waals surface area contributed by atoms with E-state index in [1.54, 1.807) is 0 Å². The lowest BCUT2D eigenvalue weighted by Crippen LogP contribution is -2.45. The van der Waals surface area contributed by atoms with E-state index in [4.69, 9.17) is 0 Å². The zero-order valence-electron chi connectivity index (χ0n) is 12.3. The van der Waals surface area contributed by atoms with Gasteiger partial charge in [-0.15, -0.1) is 12.4 Å². The summed E-state index contributed by atoms with van der Waals surface area (Å²) in [6.07, 6.45) is 2.07. The van der Waals surface area contributed by atoms with Gasteiger partial charge in [-0.3, -0.25) is 4.79 Å². The second kappa shape index (κ2) is 8.28. The summed E-state index contributed by atoms with van der Waals surface area (Å²) in [5, 5.41) is 6.54. The van der Waals surface area contributed by atoms with Gasteiger partial charge >= 0.3 is 0 Å². The first-order valence-corrected chi connectivity index (χ1v) is 7.24. The lowest BCUT2D eigenvalue weighted by molar-refractivity contribution is -0.124. The fourth-order valence-corrected chi connectivity index (χ4v) is 2.76. The van der Waals surface area contributed by atoms with Crippen molar-refractivity contribution in [2.24, 2.45) is 5.92 Å². The molecule has 1 heterocycles. The third kappa shape index (κ3) is 4.50. The Kier molecular flexibility index (Phi) is 7.03. The van der Waals surface area contributed by atoms with E-state index in [2.05, 4.69) is 24.5 Å². The van der Waals surface area contributed by atoms with Gasteiger partial charge in [0.25, 0.3) is 0 Å². The van der Waals surface area contributed by atoms with Crippen molar-refractivity contribution in [3.63, 3.8) is 0 Å². The van der Waals surface area contributed by atoms with Crippen LogP contribution >= 0.6 is 12.4 Å². The summed E-state index contributed by atoms with van der Waals surface area (Å²) in [6, 6.07) is 10.4. The second-order valence-corrected chi connectivity index (χ2v) is 5.67. The van der Waals surface area contributed by atoms with Gasteiger partial charge in [-0.05, 0) is 37.4 Å². The van der Waals surface area contributed by atoms with Crippen LogP contribution in [0.5, 0.6) is 0 Å². The number of amides is 1. The molecule has 1 saturated heterocycles. The van der Waals surface area contributed by atoms with E-state index in [0.29, 0.717) is 12.0 Å². The molecule has 0 aliphatic carbocycles. The Labute approximate surface area is 127 Å². The minimum absolute atomic E-state index is 0. The van der Waals surface area contributed by atoms with Gasteiger partial charge in [0.15, 0.2) is 0 Å². The first-order valence-electron chi connectivity index (χ1n) is 7.24. The van der Waals surface area contributed by atoms with Gasteiger partial charge in [-0.2, -0.15) is 0 Å². The molecule has 1 aliphatic heterocycles. The van der Waals surface area contributed by atoms with Crippen LogP contribution in [0.2, 0.25) is 0 Å². The monoisotopic (exact) mass is 296 g/mol. The number of carbonyl (C=O) groups excluding carboxylic acids is 1. The molecule has 0 spiro atoms. The Bertz CT molecular complexity index is 402. The average molecular weight is 297 g/mol. The average Bonchev–Trinajstić information content (AvgIpc) is 2.40. The zero-order valence-corrected chi connectivity index (χ0v) is 13.1. The highest BCUT2D eigenvalue weighted by Gasteiger charge is 2.26. The van der Waals surface area contributed by atoms with Gasteiger partial charge in [0.05, 0.1) is 5.92 Å². The molecule has 1 atom stereocenters.